The number of carbonyl (C=O) groups excluding carboxylic acids is 4. The highest BCUT2D eigenvalue weighted by Gasteiger charge is 2.49. The molecule has 1 aromatic rings. The molecule has 0 aromatic carbocycles. The minimum Gasteiger partial charge on any atom is -0.460 e. The van der Waals surface area contributed by atoms with Gasteiger partial charge in [0.1, 0.15) is 24.2 Å². The summed E-state index contributed by atoms with van der Waals surface area (Å²) in [6, 6.07) is -1.49. The molecule has 1 saturated heterocycles. The minimum absolute atomic E-state index is 0.0374. The van der Waals surface area contributed by atoms with Gasteiger partial charge in [0, 0.05) is 30.8 Å². The molecule has 2 bridgehead atoms. The van der Waals surface area contributed by atoms with Crippen molar-refractivity contribution in [3.63, 3.8) is 0 Å². The quantitative estimate of drug-likeness (QED) is 0.478. The van der Waals surface area contributed by atoms with Gasteiger partial charge in [0.15, 0.2) is 15.5 Å². The van der Waals surface area contributed by atoms with Gasteiger partial charge in [-0.2, -0.15) is 0 Å². The standard InChI is InChI=1S/C30H39N3O9S/c1-6-43(39,40)24-11-13-33-27(24)30(38)42-28(18(2)3)20(5)9-10-25(36)31-12-7-8-19(4)14-21(34)15-22(35)16-26-32-23(17-41-26)29(33)37/h6-10,14,17-18,20-21,24,27-28,34H,1,11-13,15-16H2,2-5H3,(H,31,36)/b8-7+,10-9+,19-14+/t20-,21-,24?,27?,28-/m1/s1. The maximum Gasteiger partial charge on any atom is 0.330 e. The van der Waals surface area contributed by atoms with Crippen molar-refractivity contribution in [2.45, 2.75) is 70.5 Å². The van der Waals surface area contributed by atoms with E-state index in [-0.39, 0.29) is 55.8 Å². The molecule has 3 rings (SSSR count). The van der Waals surface area contributed by atoms with Crippen LogP contribution in [0.4, 0.5) is 0 Å². The van der Waals surface area contributed by atoms with E-state index in [0.29, 0.717) is 5.57 Å². The number of nitrogens with zero attached hydrogens (tertiary/aromatic N) is 2. The predicted molar refractivity (Wildman–Crippen MR) is 157 cm³/mol. The van der Waals surface area contributed by atoms with Crippen LogP contribution in [0.3, 0.4) is 0 Å². The zero-order valence-electron chi connectivity index (χ0n) is 24.8. The molecule has 1 aromatic heterocycles. The van der Waals surface area contributed by atoms with Crippen LogP contribution in [0.2, 0.25) is 0 Å². The maximum absolute atomic E-state index is 13.6. The van der Waals surface area contributed by atoms with Crippen LogP contribution in [0.15, 0.2) is 58.6 Å². The number of rotatable bonds is 3. The lowest BCUT2D eigenvalue weighted by Gasteiger charge is -2.30. The number of aromatic nitrogens is 1. The zero-order chi connectivity index (χ0) is 31.9. The minimum atomic E-state index is -3.99. The van der Waals surface area contributed by atoms with Gasteiger partial charge in [0.25, 0.3) is 5.91 Å². The van der Waals surface area contributed by atoms with E-state index < -0.39 is 56.9 Å². The molecule has 0 radical (unpaired) electrons. The Labute approximate surface area is 251 Å². The summed E-state index contributed by atoms with van der Waals surface area (Å²) in [5.41, 5.74) is 0.472. The number of amides is 2. The van der Waals surface area contributed by atoms with Gasteiger partial charge in [0.05, 0.1) is 17.8 Å². The number of oxazole rings is 1. The van der Waals surface area contributed by atoms with E-state index in [1.807, 2.05) is 13.8 Å². The number of fused-ring (bicyclic) bond motifs is 3. The highest BCUT2D eigenvalue weighted by Crippen LogP contribution is 2.30. The molecular weight excluding hydrogens is 578 g/mol. The number of cyclic esters (lactones) is 1. The van der Waals surface area contributed by atoms with E-state index in [9.17, 15) is 32.7 Å². The van der Waals surface area contributed by atoms with Gasteiger partial charge in [-0.3, -0.25) is 14.4 Å². The number of aliphatic hydroxyl groups is 1. The molecule has 43 heavy (non-hydrogen) atoms. The van der Waals surface area contributed by atoms with Crippen molar-refractivity contribution in [3.05, 3.63) is 65.8 Å². The third-order valence-electron chi connectivity index (χ3n) is 7.26. The van der Waals surface area contributed by atoms with Crippen molar-refractivity contribution < 1.29 is 41.9 Å². The van der Waals surface area contributed by atoms with Crippen LogP contribution < -0.4 is 5.32 Å². The Hall–Kier alpha value is -3.84. The number of allylic oxidation sites excluding steroid dienone is 2. The highest BCUT2D eigenvalue weighted by molar-refractivity contribution is 7.94. The fourth-order valence-electron chi connectivity index (χ4n) is 5.13. The second kappa shape index (κ2) is 14.6. The molecule has 234 valence electrons. The Morgan fingerprint density at radius 1 is 1.21 bits per heavy atom. The summed E-state index contributed by atoms with van der Waals surface area (Å²) in [4.78, 5) is 57.2. The van der Waals surface area contributed by atoms with E-state index in [0.717, 1.165) is 16.6 Å². The summed E-state index contributed by atoms with van der Waals surface area (Å²) in [6.45, 7) is 10.6. The Balaban J connectivity index is 1.99. The van der Waals surface area contributed by atoms with Crippen molar-refractivity contribution in [3.8, 4) is 0 Å². The molecule has 5 atom stereocenters. The third-order valence-corrected chi connectivity index (χ3v) is 9.07. The first-order valence-electron chi connectivity index (χ1n) is 14.1. The summed E-state index contributed by atoms with van der Waals surface area (Å²) < 4.78 is 36.9. The summed E-state index contributed by atoms with van der Waals surface area (Å²) >= 11 is 0. The molecule has 2 amide bonds. The van der Waals surface area contributed by atoms with Gasteiger partial charge in [0.2, 0.25) is 11.8 Å². The van der Waals surface area contributed by atoms with Crippen LogP contribution in [0.1, 0.15) is 56.9 Å². The lowest BCUT2D eigenvalue weighted by atomic mass is 9.94. The second-order valence-corrected chi connectivity index (χ2v) is 13.2. The van der Waals surface area contributed by atoms with Gasteiger partial charge < -0.3 is 24.5 Å². The first-order chi connectivity index (χ1) is 20.2. The third kappa shape index (κ3) is 8.83. The topological polar surface area (TPSA) is 173 Å². The van der Waals surface area contributed by atoms with E-state index in [1.165, 1.54) is 12.2 Å². The number of ether oxygens (including phenoxy) is 1. The predicted octanol–water partition coefficient (Wildman–Crippen LogP) is 2.07. The Morgan fingerprint density at radius 2 is 1.93 bits per heavy atom. The lowest BCUT2D eigenvalue weighted by Crippen LogP contribution is -2.49. The van der Waals surface area contributed by atoms with Crippen LogP contribution in [-0.4, -0.2) is 83.6 Å². The van der Waals surface area contributed by atoms with Crippen molar-refractivity contribution in [1.82, 2.24) is 15.2 Å². The van der Waals surface area contributed by atoms with Crippen LogP contribution in [0.25, 0.3) is 0 Å². The van der Waals surface area contributed by atoms with Crippen molar-refractivity contribution >= 4 is 33.4 Å². The Bertz CT molecular complexity index is 1420. The van der Waals surface area contributed by atoms with Crippen LogP contribution in [-0.2, 0) is 35.4 Å². The number of nitrogens with one attached hydrogen (secondary N) is 1. The smallest absolute Gasteiger partial charge is 0.330 e. The molecule has 0 spiro atoms. The molecular formula is C30H39N3O9S. The average Bonchev–Trinajstić information content (AvgIpc) is 3.59. The maximum atomic E-state index is 13.6. The summed E-state index contributed by atoms with van der Waals surface area (Å²) in [7, 11) is -3.99. The van der Waals surface area contributed by atoms with Crippen LogP contribution >= 0.6 is 0 Å². The molecule has 12 nitrogen and oxygen atoms in total. The zero-order valence-corrected chi connectivity index (χ0v) is 25.6. The first-order valence-corrected chi connectivity index (χ1v) is 15.7. The van der Waals surface area contributed by atoms with Crippen molar-refractivity contribution in [2.75, 3.05) is 13.1 Å². The molecule has 2 aliphatic rings. The molecule has 0 aliphatic carbocycles. The molecule has 13 heteroatoms. The number of Topliss-reactive ketones (excluding diaryl/α,β-unsaturated/α-hetero) is 1. The molecule has 2 unspecified atom stereocenters. The first kappa shape index (κ1) is 33.7. The van der Waals surface area contributed by atoms with Gasteiger partial charge in [-0.05, 0) is 25.3 Å². The van der Waals surface area contributed by atoms with Crippen molar-refractivity contribution in [2.24, 2.45) is 11.8 Å². The molecule has 0 saturated carbocycles. The largest absolute Gasteiger partial charge is 0.460 e. The number of hydrogen-bond donors (Lipinski definition) is 2. The molecule has 2 aliphatic heterocycles. The number of sulfone groups is 1. The summed E-state index contributed by atoms with van der Waals surface area (Å²) in [5.74, 6) is -3.17. The Morgan fingerprint density at radius 3 is 2.60 bits per heavy atom. The monoisotopic (exact) mass is 617 g/mol. The highest BCUT2D eigenvalue weighted by atomic mass is 32.2. The molecule has 2 N–H and O–H groups in total. The van der Waals surface area contributed by atoms with Crippen LogP contribution in [0.5, 0.6) is 0 Å². The second-order valence-electron chi connectivity index (χ2n) is 11.1. The van der Waals surface area contributed by atoms with E-state index in [4.69, 9.17) is 9.15 Å². The van der Waals surface area contributed by atoms with E-state index >= 15 is 0 Å². The Kier molecular flexibility index (Phi) is 11.4. The van der Waals surface area contributed by atoms with Crippen LogP contribution in [0, 0.1) is 11.8 Å². The normalized spacial score (nSPS) is 29.7. The van der Waals surface area contributed by atoms with E-state index in [1.54, 1.807) is 32.1 Å². The summed E-state index contributed by atoms with van der Waals surface area (Å²) in [6.07, 6.45) is 6.47. The average molecular weight is 618 g/mol. The summed E-state index contributed by atoms with van der Waals surface area (Å²) in [5, 5.41) is 12.5. The number of carbonyl (C=O) groups is 4. The van der Waals surface area contributed by atoms with Crippen molar-refractivity contribution in [1.29, 1.82) is 0 Å². The SMILES string of the molecule is C=CS(=O)(=O)C1CCN2C(=O)c3coc(n3)CC(=O)C[C@H](O)/C=C(C)/C=C/CNC(=O)/C=C/[C@@H](C)[C@@H](C(C)C)OC(=O)C12. The van der Waals surface area contributed by atoms with Gasteiger partial charge in [-0.15, -0.1) is 0 Å². The van der Waals surface area contributed by atoms with E-state index in [2.05, 4.69) is 16.9 Å². The van der Waals surface area contributed by atoms with Gasteiger partial charge >= 0.3 is 5.97 Å². The van der Waals surface area contributed by atoms with Gasteiger partial charge in [-0.1, -0.05) is 57.2 Å². The molecule has 1 fully saturated rings. The molecule has 3 heterocycles. The number of esters is 1. The fraction of sp³-hybridized carbons (Fsp3) is 0.500. The van der Waals surface area contributed by atoms with Gasteiger partial charge in [-0.25, -0.2) is 18.2 Å². The number of hydrogen-bond acceptors (Lipinski definition) is 10. The number of ketones is 1. The lowest BCUT2D eigenvalue weighted by molar-refractivity contribution is -0.157. The number of aliphatic hydroxyl groups excluding tert-OH is 1. The fourth-order valence-corrected chi connectivity index (χ4v) is 6.43.